The highest BCUT2D eigenvalue weighted by molar-refractivity contribution is 5.34. The Labute approximate surface area is 96.3 Å². The van der Waals surface area contributed by atoms with Gasteiger partial charge in [0.2, 0.25) is 5.95 Å². The first-order valence-corrected chi connectivity index (χ1v) is 5.30. The van der Waals surface area contributed by atoms with Crippen molar-refractivity contribution in [1.29, 1.82) is 0 Å². The van der Waals surface area contributed by atoms with Crippen LogP contribution in [-0.4, -0.2) is 34.3 Å². The van der Waals surface area contributed by atoms with E-state index in [9.17, 15) is 5.11 Å². The van der Waals surface area contributed by atoms with E-state index in [1.54, 1.807) is 0 Å². The van der Waals surface area contributed by atoms with Crippen molar-refractivity contribution >= 4 is 5.95 Å². The van der Waals surface area contributed by atoms with Crippen LogP contribution in [-0.2, 0) is 6.54 Å². The van der Waals surface area contributed by atoms with Crippen LogP contribution >= 0.6 is 0 Å². The number of likely N-dealkylation sites (N-methyl/N-ethyl adjacent to an activating group) is 1. The topological polar surface area (TPSA) is 75.3 Å². The lowest BCUT2D eigenvalue weighted by Gasteiger charge is -2.34. The molecule has 1 aromatic heterocycles. The molecule has 90 valence electrons. The summed E-state index contributed by atoms with van der Waals surface area (Å²) in [4.78, 5) is 10.5. The van der Waals surface area contributed by atoms with Crippen molar-refractivity contribution < 1.29 is 5.11 Å². The number of anilines is 1. The molecule has 0 radical (unpaired) electrons. The molecular weight excluding hydrogens is 204 g/mol. The molecule has 0 bridgehead atoms. The Balaban J connectivity index is 3.08. The SMILES string of the molecule is Cc1cc(CN)nc(N(C)C(C)(C)CO)n1. The minimum atomic E-state index is -0.389. The number of aliphatic hydroxyl groups is 1. The number of nitrogens with two attached hydrogens (primary N) is 1. The third-order valence-electron chi connectivity index (χ3n) is 2.70. The van der Waals surface area contributed by atoms with Crippen molar-refractivity contribution in [3.05, 3.63) is 17.5 Å². The molecule has 0 saturated carbocycles. The van der Waals surface area contributed by atoms with Gasteiger partial charge in [-0.2, -0.15) is 0 Å². The quantitative estimate of drug-likeness (QED) is 0.776. The average Bonchev–Trinajstić information content (AvgIpc) is 2.27. The summed E-state index contributed by atoms with van der Waals surface area (Å²) in [6, 6.07) is 1.86. The number of hydrogen-bond acceptors (Lipinski definition) is 5. The molecule has 1 rings (SSSR count). The highest BCUT2D eigenvalue weighted by Gasteiger charge is 2.24. The fourth-order valence-electron chi connectivity index (χ4n) is 1.25. The van der Waals surface area contributed by atoms with Gasteiger partial charge in [-0.15, -0.1) is 0 Å². The Hall–Kier alpha value is -1.20. The number of nitrogens with zero attached hydrogens (tertiary/aromatic N) is 3. The predicted octanol–water partition coefficient (Wildman–Crippen LogP) is 0.451. The van der Waals surface area contributed by atoms with E-state index in [0.717, 1.165) is 11.4 Å². The van der Waals surface area contributed by atoms with Crippen LogP contribution in [0.4, 0.5) is 5.95 Å². The molecular formula is C11H20N4O. The summed E-state index contributed by atoms with van der Waals surface area (Å²) in [5.74, 6) is 0.597. The summed E-state index contributed by atoms with van der Waals surface area (Å²) in [6.07, 6.45) is 0. The van der Waals surface area contributed by atoms with Gasteiger partial charge in [0.25, 0.3) is 0 Å². The van der Waals surface area contributed by atoms with Crippen LogP contribution in [0.5, 0.6) is 0 Å². The Morgan fingerprint density at radius 1 is 1.44 bits per heavy atom. The smallest absolute Gasteiger partial charge is 0.226 e. The van der Waals surface area contributed by atoms with Crippen LogP contribution in [0.25, 0.3) is 0 Å². The van der Waals surface area contributed by atoms with Crippen LogP contribution in [0.3, 0.4) is 0 Å². The van der Waals surface area contributed by atoms with Gasteiger partial charge in [-0.3, -0.25) is 0 Å². The van der Waals surface area contributed by atoms with E-state index in [1.807, 2.05) is 38.8 Å². The summed E-state index contributed by atoms with van der Waals surface area (Å²) in [5.41, 5.74) is 6.87. The molecule has 0 unspecified atom stereocenters. The first kappa shape index (κ1) is 12.9. The fraction of sp³-hybridized carbons (Fsp3) is 0.636. The number of aliphatic hydroxyl groups excluding tert-OH is 1. The van der Waals surface area contributed by atoms with Gasteiger partial charge in [-0.05, 0) is 26.8 Å². The first-order chi connectivity index (χ1) is 7.40. The summed E-state index contributed by atoms with van der Waals surface area (Å²) >= 11 is 0. The lowest BCUT2D eigenvalue weighted by molar-refractivity contribution is 0.215. The Morgan fingerprint density at radius 3 is 2.56 bits per heavy atom. The van der Waals surface area contributed by atoms with E-state index < -0.39 is 0 Å². The van der Waals surface area contributed by atoms with Gasteiger partial charge in [0, 0.05) is 19.3 Å². The average molecular weight is 224 g/mol. The highest BCUT2D eigenvalue weighted by Crippen LogP contribution is 2.18. The molecule has 0 aliphatic heterocycles. The zero-order valence-corrected chi connectivity index (χ0v) is 10.4. The Morgan fingerprint density at radius 2 is 2.06 bits per heavy atom. The molecule has 5 nitrogen and oxygen atoms in total. The summed E-state index contributed by atoms with van der Waals surface area (Å²) in [5, 5.41) is 9.30. The van der Waals surface area contributed by atoms with Crippen molar-refractivity contribution in [3.8, 4) is 0 Å². The lowest BCUT2D eigenvalue weighted by atomic mass is 10.1. The highest BCUT2D eigenvalue weighted by atomic mass is 16.3. The van der Waals surface area contributed by atoms with Crippen LogP contribution in [0, 0.1) is 6.92 Å². The molecule has 0 saturated heterocycles. The normalized spacial score (nSPS) is 11.6. The molecule has 0 atom stereocenters. The molecule has 0 amide bonds. The molecule has 5 heteroatoms. The third-order valence-corrected chi connectivity index (χ3v) is 2.70. The maximum Gasteiger partial charge on any atom is 0.226 e. The van der Waals surface area contributed by atoms with Crippen molar-refractivity contribution in [2.24, 2.45) is 5.73 Å². The van der Waals surface area contributed by atoms with E-state index in [1.165, 1.54) is 0 Å². The van der Waals surface area contributed by atoms with E-state index >= 15 is 0 Å². The molecule has 1 aromatic rings. The summed E-state index contributed by atoms with van der Waals surface area (Å²) < 4.78 is 0. The molecule has 0 aromatic carbocycles. The molecule has 0 aliphatic rings. The van der Waals surface area contributed by atoms with Gasteiger partial charge in [0.1, 0.15) is 0 Å². The zero-order chi connectivity index (χ0) is 12.3. The van der Waals surface area contributed by atoms with Crippen LogP contribution in [0.15, 0.2) is 6.07 Å². The second-order valence-corrected chi connectivity index (χ2v) is 4.53. The van der Waals surface area contributed by atoms with Gasteiger partial charge in [0.15, 0.2) is 0 Å². The Kier molecular flexibility index (Phi) is 3.83. The molecule has 0 aliphatic carbocycles. The molecule has 0 spiro atoms. The van der Waals surface area contributed by atoms with Gasteiger partial charge in [0.05, 0.1) is 17.8 Å². The van der Waals surface area contributed by atoms with Crippen molar-refractivity contribution in [2.75, 3.05) is 18.6 Å². The van der Waals surface area contributed by atoms with E-state index in [-0.39, 0.29) is 12.1 Å². The number of aryl methyl sites for hydroxylation is 1. The molecule has 1 heterocycles. The van der Waals surface area contributed by atoms with Crippen molar-refractivity contribution in [1.82, 2.24) is 9.97 Å². The molecule has 16 heavy (non-hydrogen) atoms. The van der Waals surface area contributed by atoms with E-state index in [4.69, 9.17) is 5.73 Å². The van der Waals surface area contributed by atoms with Gasteiger partial charge < -0.3 is 15.7 Å². The summed E-state index contributed by atoms with van der Waals surface area (Å²) in [6.45, 7) is 6.20. The van der Waals surface area contributed by atoms with Gasteiger partial charge in [-0.1, -0.05) is 0 Å². The van der Waals surface area contributed by atoms with Crippen molar-refractivity contribution in [3.63, 3.8) is 0 Å². The summed E-state index contributed by atoms with van der Waals surface area (Å²) in [7, 11) is 1.87. The second-order valence-electron chi connectivity index (χ2n) is 4.53. The Bertz CT molecular complexity index is 365. The van der Waals surface area contributed by atoms with E-state index in [0.29, 0.717) is 12.5 Å². The number of hydrogen-bond donors (Lipinski definition) is 2. The monoisotopic (exact) mass is 224 g/mol. The number of rotatable bonds is 4. The third kappa shape index (κ3) is 2.68. The van der Waals surface area contributed by atoms with Gasteiger partial charge in [-0.25, -0.2) is 9.97 Å². The van der Waals surface area contributed by atoms with Crippen molar-refractivity contribution in [2.45, 2.75) is 32.9 Å². The minimum absolute atomic E-state index is 0.0404. The van der Waals surface area contributed by atoms with Crippen LogP contribution in [0.2, 0.25) is 0 Å². The van der Waals surface area contributed by atoms with Crippen LogP contribution in [0.1, 0.15) is 25.2 Å². The predicted molar refractivity (Wildman–Crippen MR) is 64.2 cm³/mol. The van der Waals surface area contributed by atoms with Crippen LogP contribution < -0.4 is 10.6 Å². The standard InChI is InChI=1S/C11H20N4O/c1-8-5-9(6-12)14-10(13-8)15(4)11(2,3)7-16/h5,16H,6-7,12H2,1-4H3. The maximum absolute atomic E-state index is 9.30. The van der Waals surface area contributed by atoms with E-state index in [2.05, 4.69) is 9.97 Å². The molecule has 0 fully saturated rings. The largest absolute Gasteiger partial charge is 0.394 e. The second kappa shape index (κ2) is 4.76. The molecule has 3 N–H and O–H groups in total. The zero-order valence-electron chi connectivity index (χ0n) is 10.4. The lowest BCUT2D eigenvalue weighted by Crippen LogP contribution is -2.45. The minimum Gasteiger partial charge on any atom is -0.394 e. The fourth-order valence-corrected chi connectivity index (χ4v) is 1.25. The maximum atomic E-state index is 9.30. The number of aromatic nitrogens is 2. The van der Waals surface area contributed by atoms with Gasteiger partial charge >= 0.3 is 0 Å². The first-order valence-electron chi connectivity index (χ1n) is 5.30.